The van der Waals surface area contributed by atoms with Crippen LogP contribution in [0.3, 0.4) is 0 Å². The van der Waals surface area contributed by atoms with Crippen LogP contribution in [0.1, 0.15) is 10.5 Å². The van der Waals surface area contributed by atoms with Crippen molar-refractivity contribution in [2.45, 2.75) is 0 Å². The molecule has 0 aliphatic heterocycles. The molecule has 0 bridgehead atoms. The molecule has 0 amide bonds. The van der Waals surface area contributed by atoms with Gasteiger partial charge in [0.1, 0.15) is 5.52 Å². The first-order valence-electron chi connectivity index (χ1n) is 5.98. The van der Waals surface area contributed by atoms with Crippen LogP contribution in [0.15, 0.2) is 35.1 Å². The molecule has 3 rings (SSSR count). The number of nitrogens with two attached hydrogens (primary N) is 1. The third-order valence-electron chi connectivity index (χ3n) is 2.99. The number of aromatic nitrogens is 2. The number of esters is 1. The molecule has 1 aromatic carbocycles. The highest BCUT2D eigenvalue weighted by Crippen LogP contribution is 2.29. The Morgan fingerprint density at radius 1 is 1.38 bits per heavy atom. The monoisotopic (exact) mass is 303 g/mol. The predicted molar refractivity (Wildman–Crippen MR) is 78.0 cm³/mol. The maximum atomic E-state index is 11.7. The van der Waals surface area contributed by atoms with Gasteiger partial charge in [-0.05, 0) is 18.2 Å². The summed E-state index contributed by atoms with van der Waals surface area (Å²) in [6.07, 6.45) is 1.36. The molecule has 0 saturated heterocycles. The fourth-order valence-corrected chi connectivity index (χ4v) is 2.12. The van der Waals surface area contributed by atoms with Crippen LogP contribution in [0.4, 0.5) is 5.69 Å². The Morgan fingerprint density at radius 3 is 2.95 bits per heavy atom. The molecule has 0 saturated carbocycles. The Balaban J connectivity index is 2.17. The number of fused-ring (bicyclic) bond motifs is 1. The minimum atomic E-state index is -0.644. The van der Waals surface area contributed by atoms with E-state index in [2.05, 4.69) is 14.7 Å². The average Bonchev–Trinajstić information content (AvgIpc) is 2.96. The van der Waals surface area contributed by atoms with Crippen molar-refractivity contribution in [2.75, 3.05) is 12.8 Å². The summed E-state index contributed by atoms with van der Waals surface area (Å²) in [7, 11) is 1.25. The van der Waals surface area contributed by atoms with Gasteiger partial charge in [0, 0.05) is 5.56 Å². The van der Waals surface area contributed by atoms with Crippen LogP contribution in [0.25, 0.3) is 22.4 Å². The third-order valence-corrected chi connectivity index (χ3v) is 3.39. The number of halogens is 1. The number of oxazole rings is 1. The minimum absolute atomic E-state index is 0.0215. The highest BCUT2D eigenvalue weighted by Gasteiger charge is 2.17. The topological polar surface area (TPSA) is 91.2 Å². The van der Waals surface area contributed by atoms with Crippen LogP contribution in [0.5, 0.6) is 0 Å². The van der Waals surface area contributed by atoms with Gasteiger partial charge in [-0.2, -0.15) is 0 Å². The van der Waals surface area contributed by atoms with Gasteiger partial charge < -0.3 is 14.9 Å². The lowest BCUT2D eigenvalue weighted by molar-refractivity contribution is 0.0594. The Hall–Kier alpha value is -2.60. The second-order valence-corrected chi connectivity index (χ2v) is 4.66. The van der Waals surface area contributed by atoms with E-state index in [0.717, 1.165) is 11.1 Å². The van der Waals surface area contributed by atoms with E-state index in [1.807, 2.05) is 6.07 Å². The molecule has 2 heterocycles. The maximum Gasteiger partial charge on any atom is 0.358 e. The molecule has 0 radical (unpaired) electrons. The average molecular weight is 304 g/mol. The van der Waals surface area contributed by atoms with E-state index in [9.17, 15) is 4.79 Å². The molecular formula is C14H10ClN3O3. The van der Waals surface area contributed by atoms with Gasteiger partial charge in [-0.15, -0.1) is 0 Å². The number of rotatable bonds is 2. The molecule has 0 aliphatic carbocycles. The first kappa shape index (κ1) is 13.4. The fraction of sp³-hybridized carbons (Fsp3) is 0.0714. The molecule has 0 aliphatic rings. The van der Waals surface area contributed by atoms with Crippen LogP contribution < -0.4 is 5.73 Å². The number of hydrogen-bond acceptors (Lipinski definition) is 6. The minimum Gasteiger partial charge on any atom is -0.464 e. The summed E-state index contributed by atoms with van der Waals surface area (Å²) in [6, 6.07) is 6.95. The molecule has 2 N–H and O–H groups in total. The number of nitrogen functional groups attached to an aromatic ring is 1. The highest BCUT2D eigenvalue weighted by atomic mass is 35.5. The summed E-state index contributed by atoms with van der Waals surface area (Å²) in [4.78, 5) is 19.9. The lowest BCUT2D eigenvalue weighted by atomic mass is 10.1. The number of methoxy groups -OCH3 is 1. The Bertz CT molecular complexity index is 845. The van der Waals surface area contributed by atoms with Gasteiger partial charge in [-0.1, -0.05) is 17.7 Å². The van der Waals surface area contributed by atoms with Crippen LogP contribution in [-0.2, 0) is 4.74 Å². The predicted octanol–water partition coefficient (Wildman–Crippen LogP) is 2.91. The maximum absolute atomic E-state index is 11.7. The number of ether oxygens (including phenoxy) is 1. The van der Waals surface area contributed by atoms with Gasteiger partial charge in [0.2, 0.25) is 0 Å². The van der Waals surface area contributed by atoms with Crippen molar-refractivity contribution in [3.8, 4) is 11.3 Å². The van der Waals surface area contributed by atoms with E-state index < -0.39 is 5.97 Å². The van der Waals surface area contributed by atoms with Gasteiger partial charge in [-0.25, -0.2) is 14.8 Å². The van der Waals surface area contributed by atoms with Gasteiger partial charge in [0.05, 0.1) is 23.5 Å². The van der Waals surface area contributed by atoms with Crippen molar-refractivity contribution in [2.24, 2.45) is 0 Å². The summed E-state index contributed by atoms with van der Waals surface area (Å²) in [5, 5.41) is 0.0753. The Kier molecular flexibility index (Phi) is 3.23. The van der Waals surface area contributed by atoms with E-state index in [1.54, 1.807) is 18.2 Å². The highest BCUT2D eigenvalue weighted by molar-refractivity contribution is 6.35. The lowest BCUT2D eigenvalue weighted by Crippen LogP contribution is -2.08. The first-order valence-corrected chi connectivity index (χ1v) is 6.36. The standard InChI is InChI=1S/C14H10ClN3O3/c1-20-14(19)13-12(15)8(16)5-10(18-13)7-2-3-9-11(4-7)21-6-17-9/h2-6H,1H3,(H2,16,18). The number of carbonyl (C=O) groups excluding carboxylic acids is 1. The van der Waals surface area contributed by atoms with Crippen molar-refractivity contribution >= 4 is 34.4 Å². The number of hydrogen-bond donors (Lipinski definition) is 1. The number of pyridine rings is 1. The zero-order valence-corrected chi connectivity index (χ0v) is 11.7. The Labute approximate surface area is 124 Å². The SMILES string of the molecule is COC(=O)c1nc(-c2ccc3ncoc3c2)cc(N)c1Cl. The number of benzene rings is 1. The summed E-state index contributed by atoms with van der Waals surface area (Å²) in [5.74, 6) is -0.644. The first-order chi connectivity index (χ1) is 10.1. The molecule has 2 aromatic heterocycles. The van der Waals surface area contributed by atoms with Gasteiger partial charge in [-0.3, -0.25) is 0 Å². The zero-order chi connectivity index (χ0) is 15.0. The smallest absolute Gasteiger partial charge is 0.358 e. The van der Waals surface area contributed by atoms with Gasteiger partial charge in [0.15, 0.2) is 17.7 Å². The third kappa shape index (κ3) is 2.30. The molecule has 0 unspecified atom stereocenters. The largest absolute Gasteiger partial charge is 0.464 e. The van der Waals surface area contributed by atoms with Crippen LogP contribution in [-0.4, -0.2) is 23.0 Å². The quantitative estimate of drug-likeness (QED) is 0.732. The van der Waals surface area contributed by atoms with Gasteiger partial charge in [0.25, 0.3) is 0 Å². The molecule has 6 nitrogen and oxygen atoms in total. The lowest BCUT2D eigenvalue weighted by Gasteiger charge is -2.08. The number of nitrogens with zero attached hydrogens (tertiary/aromatic N) is 2. The van der Waals surface area contributed by atoms with Gasteiger partial charge >= 0.3 is 5.97 Å². The van der Waals surface area contributed by atoms with E-state index in [4.69, 9.17) is 21.8 Å². The molecule has 0 atom stereocenters. The Morgan fingerprint density at radius 2 is 2.19 bits per heavy atom. The molecule has 106 valence electrons. The van der Waals surface area contributed by atoms with Crippen LogP contribution >= 0.6 is 11.6 Å². The van der Waals surface area contributed by atoms with Crippen molar-refractivity contribution in [3.63, 3.8) is 0 Å². The molecule has 7 heteroatoms. The van der Waals surface area contributed by atoms with Crippen molar-refractivity contribution in [1.29, 1.82) is 0 Å². The van der Waals surface area contributed by atoms with Crippen LogP contribution in [0, 0.1) is 0 Å². The van der Waals surface area contributed by atoms with Crippen molar-refractivity contribution in [3.05, 3.63) is 41.4 Å². The van der Waals surface area contributed by atoms with Crippen LogP contribution in [0.2, 0.25) is 5.02 Å². The summed E-state index contributed by atoms with van der Waals surface area (Å²) >= 11 is 5.99. The van der Waals surface area contributed by atoms with E-state index >= 15 is 0 Å². The summed E-state index contributed by atoms with van der Waals surface area (Å²) in [5.41, 5.74) is 8.63. The normalized spacial score (nSPS) is 10.8. The molecular weight excluding hydrogens is 294 g/mol. The zero-order valence-electron chi connectivity index (χ0n) is 11.0. The van der Waals surface area contributed by atoms with E-state index in [0.29, 0.717) is 11.3 Å². The number of anilines is 1. The van der Waals surface area contributed by atoms with E-state index in [1.165, 1.54) is 13.5 Å². The molecule has 0 fully saturated rings. The number of carbonyl (C=O) groups is 1. The summed E-state index contributed by atoms with van der Waals surface area (Å²) in [6.45, 7) is 0. The second-order valence-electron chi connectivity index (χ2n) is 4.29. The second kappa shape index (κ2) is 5.06. The summed E-state index contributed by atoms with van der Waals surface area (Å²) < 4.78 is 9.90. The fourth-order valence-electron chi connectivity index (χ4n) is 1.94. The van der Waals surface area contributed by atoms with Crippen molar-refractivity contribution < 1.29 is 13.9 Å². The molecule has 0 spiro atoms. The van der Waals surface area contributed by atoms with Crippen molar-refractivity contribution in [1.82, 2.24) is 9.97 Å². The van der Waals surface area contributed by atoms with E-state index in [-0.39, 0.29) is 16.4 Å². The molecule has 3 aromatic rings. The molecule has 21 heavy (non-hydrogen) atoms.